The molecule has 0 bridgehead atoms. The maximum Gasteiger partial charge on any atom is 0.522 e. The third-order valence-electron chi connectivity index (χ3n) is 6.56. The minimum atomic E-state index is -4.66. The number of esters is 2. The summed E-state index contributed by atoms with van der Waals surface area (Å²) in [6.07, 6.45) is 0.632. The fraction of sp³-hybridized carbons (Fsp3) is 0.448. The van der Waals surface area contributed by atoms with Crippen molar-refractivity contribution in [3.05, 3.63) is 65.2 Å². The van der Waals surface area contributed by atoms with Crippen LogP contribution in [0.25, 0.3) is 6.08 Å². The zero-order valence-electron chi connectivity index (χ0n) is 21.9. The zero-order valence-corrected chi connectivity index (χ0v) is 21.9. The van der Waals surface area contributed by atoms with Crippen molar-refractivity contribution in [2.45, 2.75) is 76.4 Å². The lowest BCUT2D eigenvalue weighted by molar-refractivity contribution is -0.346. The molecule has 212 valence electrons. The topological polar surface area (TPSA) is 114 Å². The summed E-state index contributed by atoms with van der Waals surface area (Å²) < 4.78 is 52.0. The molecule has 4 N–H and O–H groups in total. The number of hydrogen-bond donors (Lipinski definition) is 2. The number of hydrogen-bond acceptors (Lipinski definition) is 7. The van der Waals surface area contributed by atoms with Crippen LogP contribution in [0.2, 0.25) is 0 Å². The van der Waals surface area contributed by atoms with Gasteiger partial charge in [0.05, 0.1) is 18.3 Å². The smallest absolute Gasteiger partial charge is 0.462 e. The molecule has 1 saturated carbocycles. The Hall–Kier alpha value is -3.53. The molecule has 1 aliphatic carbocycles. The summed E-state index contributed by atoms with van der Waals surface area (Å²) in [7, 11) is 0. The second-order valence-electron chi connectivity index (χ2n) is 9.73. The lowest BCUT2D eigenvalue weighted by atomic mass is 9.93. The van der Waals surface area contributed by atoms with Gasteiger partial charge < -0.3 is 20.9 Å². The third-order valence-corrected chi connectivity index (χ3v) is 6.56. The van der Waals surface area contributed by atoms with Crippen LogP contribution in [0.15, 0.2) is 48.5 Å². The van der Waals surface area contributed by atoms with E-state index < -0.39 is 30.5 Å². The molecule has 7 nitrogen and oxygen atoms in total. The van der Waals surface area contributed by atoms with E-state index >= 15 is 0 Å². The van der Waals surface area contributed by atoms with Crippen LogP contribution in [0, 0.1) is 0 Å². The number of unbranched alkanes of at least 4 members (excludes halogenated alkanes) is 1. The van der Waals surface area contributed by atoms with Crippen molar-refractivity contribution in [2.24, 2.45) is 0 Å². The van der Waals surface area contributed by atoms with E-state index in [1.165, 1.54) is 6.08 Å². The van der Waals surface area contributed by atoms with Gasteiger partial charge in [0.1, 0.15) is 6.10 Å². The highest BCUT2D eigenvalue weighted by atomic mass is 19.4. The summed E-state index contributed by atoms with van der Waals surface area (Å²) in [5.41, 5.74) is 14.9. The van der Waals surface area contributed by atoms with Gasteiger partial charge in [-0.25, -0.2) is 9.59 Å². The Kier molecular flexibility index (Phi) is 10.8. The van der Waals surface area contributed by atoms with Gasteiger partial charge in [-0.2, -0.15) is 0 Å². The first-order valence-corrected chi connectivity index (χ1v) is 13.1. The molecule has 3 rings (SSSR count). The highest BCUT2D eigenvalue weighted by Crippen LogP contribution is 2.30. The van der Waals surface area contributed by atoms with Crippen molar-refractivity contribution in [3.63, 3.8) is 0 Å². The molecule has 0 amide bonds. The fourth-order valence-corrected chi connectivity index (χ4v) is 4.54. The van der Waals surface area contributed by atoms with Crippen LogP contribution in [0.5, 0.6) is 0 Å². The van der Waals surface area contributed by atoms with Crippen LogP contribution in [-0.2, 0) is 19.0 Å². The highest BCUT2D eigenvalue weighted by Gasteiger charge is 2.36. The summed E-state index contributed by atoms with van der Waals surface area (Å²) in [4.78, 5) is 24.8. The molecule has 0 radical (unpaired) electrons. The van der Waals surface area contributed by atoms with Crippen LogP contribution < -0.4 is 11.5 Å². The number of ether oxygens (including phenoxy) is 3. The van der Waals surface area contributed by atoms with E-state index in [-0.39, 0.29) is 25.4 Å². The predicted octanol–water partition coefficient (Wildman–Crippen LogP) is 6.39. The van der Waals surface area contributed by atoms with Crippen molar-refractivity contribution >= 4 is 29.4 Å². The van der Waals surface area contributed by atoms with E-state index in [2.05, 4.69) is 11.7 Å². The fourth-order valence-electron chi connectivity index (χ4n) is 4.54. The van der Waals surface area contributed by atoms with Crippen LogP contribution in [-0.4, -0.2) is 37.1 Å². The van der Waals surface area contributed by atoms with Crippen molar-refractivity contribution in [1.82, 2.24) is 0 Å². The molecule has 0 heterocycles. The van der Waals surface area contributed by atoms with Crippen LogP contribution in [0.3, 0.4) is 0 Å². The second kappa shape index (κ2) is 14.0. The molecule has 1 atom stereocenters. The van der Waals surface area contributed by atoms with Crippen molar-refractivity contribution in [3.8, 4) is 0 Å². The number of nitrogen functional groups attached to an aromatic ring is 2. The number of nitrogens with two attached hydrogens (primary N) is 2. The number of halogens is 3. The van der Waals surface area contributed by atoms with E-state index in [1.807, 2.05) is 12.1 Å². The molecule has 0 saturated heterocycles. The molecular formula is C29H35F3N2O5. The van der Waals surface area contributed by atoms with Crippen LogP contribution in [0.4, 0.5) is 24.5 Å². The van der Waals surface area contributed by atoms with Crippen molar-refractivity contribution in [1.29, 1.82) is 0 Å². The molecule has 1 aliphatic rings. The quantitative estimate of drug-likeness (QED) is 0.190. The SMILES string of the molecule is CCCCC(COC(=O)/C=C/c1ccc(C(=O)OC2CCC(OC(F)(F)F)CC2)cc1)c1cc(N)cc(N)c1. The highest BCUT2D eigenvalue weighted by molar-refractivity contribution is 5.90. The Morgan fingerprint density at radius 2 is 1.62 bits per heavy atom. The first kappa shape index (κ1) is 30.0. The summed E-state index contributed by atoms with van der Waals surface area (Å²) in [6.45, 7) is 2.29. The maximum atomic E-state index is 12.4. The zero-order chi connectivity index (χ0) is 28.4. The number of alkyl halides is 3. The van der Waals surface area contributed by atoms with Gasteiger partial charge in [-0.15, -0.1) is 13.2 Å². The molecule has 2 aromatic carbocycles. The number of rotatable bonds is 11. The predicted molar refractivity (Wildman–Crippen MR) is 143 cm³/mol. The summed E-state index contributed by atoms with van der Waals surface area (Å²) in [6, 6.07) is 11.8. The summed E-state index contributed by atoms with van der Waals surface area (Å²) in [5.74, 6) is -1.07. The third kappa shape index (κ3) is 10.3. The van der Waals surface area contributed by atoms with Crippen molar-refractivity contribution in [2.75, 3.05) is 18.1 Å². The Labute approximate surface area is 226 Å². The van der Waals surface area contributed by atoms with Gasteiger partial charge in [0, 0.05) is 23.4 Å². The first-order chi connectivity index (χ1) is 18.5. The standard InChI is InChI=1S/C29H35F3N2O5/c1-2-3-4-21(22-15-23(33)17-24(34)16-22)18-37-27(35)14-7-19-5-8-20(9-6-19)28(36)38-25-10-12-26(13-11-25)39-29(30,31)32/h5-9,14-17,21,25-26H,2-4,10-13,18,33-34H2,1H3/b14-7+. The lowest BCUT2D eigenvalue weighted by Gasteiger charge is -2.28. The molecule has 1 unspecified atom stereocenters. The van der Waals surface area contributed by atoms with Gasteiger partial charge in [0.2, 0.25) is 0 Å². The minimum absolute atomic E-state index is 0.0226. The Morgan fingerprint density at radius 3 is 2.21 bits per heavy atom. The Balaban J connectivity index is 1.48. The lowest BCUT2D eigenvalue weighted by Crippen LogP contribution is -2.31. The second-order valence-corrected chi connectivity index (χ2v) is 9.73. The van der Waals surface area contributed by atoms with Crippen molar-refractivity contribution < 1.29 is 37.0 Å². The summed E-state index contributed by atoms with van der Waals surface area (Å²) in [5, 5.41) is 0. The number of carbonyl (C=O) groups is 2. The molecule has 10 heteroatoms. The first-order valence-electron chi connectivity index (χ1n) is 13.1. The molecule has 1 fully saturated rings. The van der Waals surface area contributed by atoms with Crippen LogP contribution >= 0.6 is 0 Å². The maximum absolute atomic E-state index is 12.4. The largest absolute Gasteiger partial charge is 0.522 e. The number of anilines is 2. The van der Waals surface area contributed by atoms with Gasteiger partial charge >= 0.3 is 18.3 Å². The van der Waals surface area contributed by atoms with Gasteiger partial charge in [-0.1, -0.05) is 31.9 Å². The molecule has 0 aromatic heterocycles. The molecule has 39 heavy (non-hydrogen) atoms. The monoisotopic (exact) mass is 548 g/mol. The molecule has 0 spiro atoms. The minimum Gasteiger partial charge on any atom is -0.462 e. The number of benzene rings is 2. The normalized spacial score (nSPS) is 18.6. The summed E-state index contributed by atoms with van der Waals surface area (Å²) >= 11 is 0. The van der Waals surface area contributed by atoms with E-state index in [0.29, 0.717) is 35.3 Å². The average molecular weight is 549 g/mol. The molecular weight excluding hydrogens is 513 g/mol. The Bertz CT molecular complexity index is 1110. The van der Waals surface area contributed by atoms with Gasteiger partial charge in [-0.05, 0) is 79.6 Å². The van der Waals surface area contributed by atoms with E-state index in [0.717, 1.165) is 24.8 Å². The van der Waals surface area contributed by atoms with Crippen LogP contribution in [0.1, 0.15) is 79.3 Å². The average Bonchev–Trinajstić information content (AvgIpc) is 2.87. The van der Waals surface area contributed by atoms with Gasteiger partial charge in [0.15, 0.2) is 0 Å². The Morgan fingerprint density at radius 1 is 1.00 bits per heavy atom. The molecule has 2 aromatic rings. The molecule has 0 aliphatic heterocycles. The van der Waals surface area contributed by atoms with E-state index in [9.17, 15) is 22.8 Å². The number of carbonyl (C=O) groups excluding carboxylic acids is 2. The van der Waals surface area contributed by atoms with Gasteiger partial charge in [-0.3, -0.25) is 4.74 Å². The van der Waals surface area contributed by atoms with E-state index in [1.54, 1.807) is 36.4 Å². The van der Waals surface area contributed by atoms with Gasteiger partial charge in [0.25, 0.3) is 0 Å². The van der Waals surface area contributed by atoms with E-state index in [4.69, 9.17) is 20.9 Å².